The van der Waals surface area contributed by atoms with Gasteiger partial charge in [0.2, 0.25) is 0 Å². The zero-order chi connectivity index (χ0) is 44.1. The monoisotopic (exact) mass is 845 g/mol. The van der Waals surface area contributed by atoms with E-state index in [-0.39, 0.29) is 0 Å². The molecule has 0 aliphatic carbocycles. The average molecular weight is 846 g/mol. The summed E-state index contributed by atoms with van der Waals surface area (Å²) in [5.74, 6) is 0. The first-order valence-electron chi connectivity index (χ1n) is 22.6. The van der Waals surface area contributed by atoms with Gasteiger partial charge in [-0.3, -0.25) is 0 Å². The molecule has 0 fully saturated rings. The van der Waals surface area contributed by atoms with Gasteiger partial charge in [-0.15, -0.1) is 0 Å². The molecule has 0 radical (unpaired) electrons. The van der Waals surface area contributed by atoms with Gasteiger partial charge in [0.25, 0.3) is 0 Å². The highest BCUT2D eigenvalue weighted by atomic mass is 15.2. The van der Waals surface area contributed by atoms with E-state index in [1.807, 2.05) is 0 Å². The molecule has 0 bridgehead atoms. The number of hydrogen-bond acceptors (Lipinski definition) is 3. The molecule has 11 rings (SSSR count). The maximum absolute atomic E-state index is 2.38. The molecule has 0 saturated carbocycles. The lowest BCUT2D eigenvalue weighted by Crippen LogP contribution is -2.12. The number of nitrogens with zero attached hydrogens (tertiary/aromatic N) is 3. The Morgan fingerprint density at radius 1 is 0.212 bits per heavy atom. The van der Waals surface area contributed by atoms with Gasteiger partial charge in [0.1, 0.15) is 0 Å². The van der Waals surface area contributed by atoms with Crippen LogP contribution in [0.4, 0.5) is 51.2 Å². The molecule has 0 unspecified atom stereocenters. The normalized spacial score (nSPS) is 11.1. The molecule has 0 heterocycles. The van der Waals surface area contributed by atoms with Gasteiger partial charge in [-0.1, -0.05) is 176 Å². The Bertz CT molecular complexity index is 3300. The topological polar surface area (TPSA) is 9.72 Å². The summed E-state index contributed by atoms with van der Waals surface area (Å²) in [6, 6.07) is 98.2. The van der Waals surface area contributed by atoms with Gasteiger partial charge in [0.05, 0.1) is 11.4 Å². The number of rotatable bonds is 12. The van der Waals surface area contributed by atoms with Crippen molar-refractivity contribution in [2.75, 3.05) is 14.7 Å². The molecular weight excluding hydrogens is 799 g/mol. The summed E-state index contributed by atoms with van der Waals surface area (Å²) >= 11 is 0. The van der Waals surface area contributed by atoms with Gasteiger partial charge in [-0.05, 0) is 137 Å². The van der Waals surface area contributed by atoms with Crippen molar-refractivity contribution >= 4 is 72.7 Å². The highest BCUT2D eigenvalue weighted by Gasteiger charge is 2.19. The Morgan fingerprint density at radius 3 is 0.955 bits per heavy atom. The van der Waals surface area contributed by atoms with E-state index in [1.54, 1.807) is 0 Å². The predicted octanol–water partition coefficient (Wildman–Crippen LogP) is 17.7. The van der Waals surface area contributed by atoms with Crippen LogP contribution >= 0.6 is 0 Å². The summed E-state index contributed by atoms with van der Waals surface area (Å²) in [7, 11) is 0. The smallest absolute Gasteiger partial charge is 0.0540 e. The highest BCUT2D eigenvalue weighted by molar-refractivity contribution is 6.00. The van der Waals surface area contributed by atoms with Crippen molar-refractivity contribution in [3.8, 4) is 11.1 Å². The Morgan fingerprint density at radius 2 is 0.515 bits per heavy atom. The van der Waals surface area contributed by atoms with Crippen LogP contribution in [0.5, 0.6) is 0 Å². The maximum Gasteiger partial charge on any atom is 0.0540 e. The first kappa shape index (κ1) is 40.1. The summed E-state index contributed by atoms with van der Waals surface area (Å²) in [6.45, 7) is 0. The quantitative estimate of drug-likeness (QED) is 0.121. The number of benzene rings is 11. The van der Waals surface area contributed by atoms with Gasteiger partial charge >= 0.3 is 0 Å². The Balaban J connectivity index is 0.933. The number of anilines is 9. The van der Waals surface area contributed by atoms with E-state index in [0.29, 0.717) is 0 Å². The van der Waals surface area contributed by atoms with E-state index in [2.05, 4.69) is 288 Å². The van der Waals surface area contributed by atoms with Crippen LogP contribution in [0.3, 0.4) is 0 Å². The Kier molecular flexibility index (Phi) is 11.1. The van der Waals surface area contributed by atoms with Crippen molar-refractivity contribution in [3.05, 3.63) is 284 Å². The Labute approximate surface area is 387 Å². The van der Waals surface area contributed by atoms with Gasteiger partial charge in [-0.25, -0.2) is 0 Å². The predicted molar refractivity (Wildman–Crippen MR) is 280 cm³/mol. The van der Waals surface area contributed by atoms with Crippen molar-refractivity contribution in [2.24, 2.45) is 0 Å². The fourth-order valence-electron chi connectivity index (χ4n) is 9.21. The van der Waals surface area contributed by atoms with E-state index in [1.165, 1.54) is 32.7 Å². The number of para-hydroxylation sites is 2. The number of hydrogen-bond donors (Lipinski definition) is 0. The standard InChI is InChI=1S/C63H47N3/c1-4-16-47(17-5-1)46-48-30-36-56(37-31-48)65(62-28-14-20-51-18-10-12-26-60(51)62)57-38-32-49(33-39-57)50-34-40-58(41-35-50)66(63-29-15-21-52-19-11-13-27-61(52)63)59-44-42-55(43-45-59)64(53-22-6-2-7-23-53)54-24-8-3-9-25-54/h1-45H,46H2. The van der Waals surface area contributed by atoms with Crippen molar-refractivity contribution in [1.29, 1.82) is 0 Å². The molecule has 0 aliphatic heterocycles. The third kappa shape index (κ3) is 8.18. The molecule has 0 amide bonds. The largest absolute Gasteiger partial charge is 0.311 e. The van der Waals surface area contributed by atoms with Crippen LogP contribution in [0.1, 0.15) is 11.1 Å². The van der Waals surface area contributed by atoms with Gasteiger partial charge in [-0.2, -0.15) is 0 Å². The second-order valence-corrected chi connectivity index (χ2v) is 16.6. The molecule has 11 aromatic carbocycles. The van der Waals surface area contributed by atoms with Crippen molar-refractivity contribution in [1.82, 2.24) is 0 Å². The highest BCUT2D eigenvalue weighted by Crippen LogP contribution is 2.43. The molecular formula is C63H47N3. The molecule has 3 heteroatoms. The van der Waals surface area contributed by atoms with Crippen LogP contribution in [0.25, 0.3) is 32.7 Å². The van der Waals surface area contributed by atoms with Gasteiger partial charge in [0.15, 0.2) is 0 Å². The third-order valence-corrected chi connectivity index (χ3v) is 12.4. The molecule has 11 aromatic rings. The molecule has 0 atom stereocenters. The van der Waals surface area contributed by atoms with E-state index in [4.69, 9.17) is 0 Å². The second kappa shape index (κ2) is 18.2. The summed E-state index contributed by atoms with van der Waals surface area (Å²) in [4.78, 5) is 7.06. The summed E-state index contributed by atoms with van der Waals surface area (Å²) in [5, 5.41) is 4.82. The first-order chi connectivity index (χ1) is 32.7. The van der Waals surface area contributed by atoms with Crippen LogP contribution in [0, 0.1) is 0 Å². The van der Waals surface area contributed by atoms with Crippen LogP contribution in [0.15, 0.2) is 273 Å². The van der Waals surface area contributed by atoms with Crippen LogP contribution in [0.2, 0.25) is 0 Å². The van der Waals surface area contributed by atoms with Crippen molar-refractivity contribution in [3.63, 3.8) is 0 Å². The average Bonchev–Trinajstić information content (AvgIpc) is 3.39. The minimum absolute atomic E-state index is 0.900. The zero-order valence-corrected chi connectivity index (χ0v) is 36.5. The van der Waals surface area contributed by atoms with Crippen LogP contribution < -0.4 is 14.7 Å². The minimum Gasteiger partial charge on any atom is -0.311 e. The molecule has 0 saturated heterocycles. The zero-order valence-electron chi connectivity index (χ0n) is 36.5. The molecule has 0 spiro atoms. The van der Waals surface area contributed by atoms with Gasteiger partial charge < -0.3 is 14.7 Å². The SMILES string of the molecule is c1ccc(Cc2ccc(N(c3ccc(-c4ccc(N(c5ccc(N(c6ccccc6)c6ccccc6)cc5)c5cccc6ccccc56)cc4)cc3)c3cccc4ccccc34)cc2)cc1. The molecule has 0 aromatic heterocycles. The third-order valence-electron chi connectivity index (χ3n) is 12.4. The Hall–Kier alpha value is -8.66. The van der Waals surface area contributed by atoms with E-state index in [0.717, 1.165) is 68.7 Å². The summed E-state index contributed by atoms with van der Waals surface area (Å²) in [6.07, 6.45) is 0.900. The van der Waals surface area contributed by atoms with Gasteiger partial charge in [0, 0.05) is 50.6 Å². The lowest BCUT2D eigenvalue weighted by atomic mass is 10.0. The molecule has 66 heavy (non-hydrogen) atoms. The minimum atomic E-state index is 0.900. The van der Waals surface area contributed by atoms with Crippen LogP contribution in [-0.2, 0) is 6.42 Å². The van der Waals surface area contributed by atoms with E-state index >= 15 is 0 Å². The lowest BCUT2D eigenvalue weighted by molar-refractivity contribution is 1.19. The summed E-state index contributed by atoms with van der Waals surface area (Å²) < 4.78 is 0. The second-order valence-electron chi connectivity index (χ2n) is 16.6. The van der Waals surface area contributed by atoms with Crippen molar-refractivity contribution < 1.29 is 0 Å². The van der Waals surface area contributed by atoms with E-state index < -0.39 is 0 Å². The lowest BCUT2D eigenvalue weighted by Gasteiger charge is -2.29. The molecule has 0 aliphatic rings. The fourth-order valence-corrected chi connectivity index (χ4v) is 9.21. The number of fused-ring (bicyclic) bond motifs is 2. The van der Waals surface area contributed by atoms with E-state index in [9.17, 15) is 0 Å². The van der Waals surface area contributed by atoms with Crippen molar-refractivity contribution in [2.45, 2.75) is 6.42 Å². The maximum atomic E-state index is 2.38. The summed E-state index contributed by atoms with van der Waals surface area (Å²) in [5.41, 5.74) is 14.9. The molecule has 0 N–H and O–H groups in total. The fraction of sp³-hybridized carbons (Fsp3) is 0.0159. The molecule has 3 nitrogen and oxygen atoms in total. The van der Waals surface area contributed by atoms with Crippen LogP contribution in [-0.4, -0.2) is 0 Å². The first-order valence-corrected chi connectivity index (χ1v) is 22.6. The molecule has 314 valence electrons.